The summed E-state index contributed by atoms with van der Waals surface area (Å²) in [5, 5.41) is 5.18. The third-order valence-corrected chi connectivity index (χ3v) is 5.58. The number of nitrogens with zero attached hydrogens (tertiary/aromatic N) is 3. The number of aromatic nitrogens is 3. The smallest absolute Gasteiger partial charge is 0.344 e. The fourth-order valence-electron chi connectivity index (χ4n) is 3.20. The number of ether oxygens (including phenoxy) is 2. The Labute approximate surface area is 177 Å². The summed E-state index contributed by atoms with van der Waals surface area (Å²) in [5.74, 6) is -0.597. The first kappa shape index (κ1) is 20.7. The number of carbonyl (C=O) groups excluding carboxylic acids is 1. The lowest BCUT2D eigenvalue weighted by Crippen LogP contribution is -2.13. The maximum absolute atomic E-state index is 12.8. The second-order valence-corrected chi connectivity index (χ2v) is 8.21. The van der Waals surface area contributed by atoms with Gasteiger partial charge in [0.25, 0.3) is 0 Å². The molecule has 0 saturated heterocycles. The number of rotatable bonds is 6. The summed E-state index contributed by atoms with van der Waals surface area (Å²) in [6, 6.07) is 12.9. The van der Waals surface area contributed by atoms with Crippen molar-refractivity contribution in [3.05, 3.63) is 54.1 Å². The molecule has 0 unspecified atom stereocenters. The normalized spacial score (nSPS) is 11.8. The number of carbonyl (C=O) groups is 1. The van der Waals surface area contributed by atoms with Crippen LogP contribution in [0.25, 0.3) is 27.9 Å². The maximum Gasteiger partial charge on any atom is 0.344 e. The Hall–Kier alpha value is -3.54. The molecule has 11 heteroatoms. The SMILES string of the molecule is COCCOC(=O)c1c(N)n(-c2ccc(S(N)(=O)=O)cc2)c2nc3ccccc3nc12. The number of methoxy groups -OCH3 is 1. The van der Waals surface area contributed by atoms with Crippen molar-refractivity contribution in [2.45, 2.75) is 4.90 Å². The average Bonchev–Trinajstić information content (AvgIpc) is 3.02. The van der Waals surface area contributed by atoms with E-state index in [2.05, 4.69) is 9.97 Å². The van der Waals surface area contributed by atoms with E-state index in [0.29, 0.717) is 22.4 Å². The Morgan fingerprint density at radius 3 is 2.29 bits per heavy atom. The lowest BCUT2D eigenvalue weighted by atomic mass is 10.2. The third kappa shape index (κ3) is 3.81. The molecule has 0 aliphatic carbocycles. The highest BCUT2D eigenvalue weighted by molar-refractivity contribution is 7.89. The Balaban J connectivity index is 1.95. The Morgan fingerprint density at radius 2 is 1.68 bits per heavy atom. The van der Waals surface area contributed by atoms with Gasteiger partial charge in [-0.15, -0.1) is 0 Å². The minimum absolute atomic E-state index is 0.0471. The number of benzene rings is 2. The van der Waals surface area contributed by atoms with E-state index in [9.17, 15) is 13.2 Å². The highest BCUT2D eigenvalue weighted by atomic mass is 32.2. The van der Waals surface area contributed by atoms with Crippen molar-refractivity contribution in [3.8, 4) is 5.69 Å². The molecule has 2 aromatic heterocycles. The lowest BCUT2D eigenvalue weighted by molar-refractivity contribution is 0.0391. The maximum atomic E-state index is 12.8. The molecule has 0 atom stereocenters. The fraction of sp³-hybridized carbons (Fsp3) is 0.150. The summed E-state index contributed by atoms with van der Waals surface area (Å²) in [4.78, 5) is 21.9. The van der Waals surface area contributed by atoms with Crippen LogP contribution in [-0.2, 0) is 19.5 Å². The van der Waals surface area contributed by atoms with Crippen molar-refractivity contribution < 1.29 is 22.7 Å². The van der Waals surface area contributed by atoms with E-state index < -0.39 is 16.0 Å². The van der Waals surface area contributed by atoms with Gasteiger partial charge in [0.05, 0.1) is 22.5 Å². The predicted molar refractivity (Wildman–Crippen MR) is 114 cm³/mol. The third-order valence-electron chi connectivity index (χ3n) is 4.65. The summed E-state index contributed by atoms with van der Waals surface area (Å²) < 4.78 is 34.9. The second kappa shape index (κ2) is 7.95. The van der Waals surface area contributed by atoms with E-state index in [1.165, 1.54) is 35.9 Å². The molecule has 160 valence electrons. The number of anilines is 1. The topological polar surface area (TPSA) is 152 Å². The first-order valence-electron chi connectivity index (χ1n) is 9.17. The lowest BCUT2D eigenvalue weighted by Gasteiger charge is -2.09. The van der Waals surface area contributed by atoms with Crippen LogP contribution in [0.1, 0.15) is 10.4 Å². The molecule has 0 bridgehead atoms. The molecular weight excluding hydrogens is 422 g/mol. The van der Waals surface area contributed by atoms with Gasteiger partial charge in [-0.05, 0) is 36.4 Å². The van der Waals surface area contributed by atoms with Gasteiger partial charge in [-0.1, -0.05) is 12.1 Å². The zero-order chi connectivity index (χ0) is 22.2. The van der Waals surface area contributed by atoms with E-state index >= 15 is 0 Å². The number of primary sulfonamides is 1. The number of hydrogen-bond donors (Lipinski definition) is 2. The van der Waals surface area contributed by atoms with Crippen molar-refractivity contribution in [2.75, 3.05) is 26.1 Å². The van der Waals surface area contributed by atoms with Crippen LogP contribution in [0, 0.1) is 0 Å². The molecule has 4 aromatic rings. The number of esters is 1. The number of sulfonamides is 1. The molecule has 0 radical (unpaired) electrons. The van der Waals surface area contributed by atoms with E-state index in [1.54, 1.807) is 12.1 Å². The van der Waals surface area contributed by atoms with Crippen molar-refractivity contribution in [2.24, 2.45) is 5.14 Å². The number of nitrogens with two attached hydrogens (primary N) is 2. The van der Waals surface area contributed by atoms with Crippen molar-refractivity contribution in [1.29, 1.82) is 0 Å². The van der Waals surface area contributed by atoms with Crippen molar-refractivity contribution in [3.63, 3.8) is 0 Å². The number of hydrogen-bond acceptors (Lipinski definition) is 8. The van der Waals surface area contributed by atoms with E-state index in [0.717, 1.165) is 0 Å². The van der Waals surface area contributed by atoms with E-state index in [1.807, 2.05) is 12.1 Å². The molecular formula is C20H19N5O5S. The van der Waals surface area contributed by atoms with Gasteiger partial charge in [-0.3, -0.25) is 4.57 Å². The average molecular weight is 441 g/mol. The van der Waals surface area contributed by atoms with E-state index in [-0.39, 0.29) is 35.0 Å². The van der Waals surface area contributed by atoms with Crippen LogP contribution in [0.15, 0.2) is 53.4 Å². The van der Waals surface area contributed by atoms with Gasteiger partial charge in [0.15, 0.2) is 5.65 Å². The van der Waals surface area contributed by atoms with Crippen LogP contribution in [-0.4, -0.2) is 49.2 Å². The highest BCUT2D eigenvalue weighted by Gasteiger charge is 2.26. The molecule has 2 heterocycles. The summed E-state index contributed by atoms with van der Waals surface area (Å²) in [6.07, 6.45) is 0. The van der Waals surface area contributed by atoms with Crippen molar-refractivity contribution in [1.82, 2.24) is 14.5 Å². The van der Waals surface area contributed by atoms with E-state index in [4.69, 9.17) is 20.3 Å². The molecule has 10 nitrogen and oxygen atoms in total. The fourth-order valence-corrected chi connectivity index (χ4v) is 3.71. The molecule has 0 aliphatic rings. The summed E-state index contributed by atoms with van der Waals surface area (Å²) in [7, 11) is -2.36. The van der Waals surface area contributed by atoms with Crippen LogP contribution >= 0.6 is 0 Å². The summed E-state index contributed by atoms with van der Waals surface area (Å²) in [5.41, 5.74) is 8.69. The summed E-state index contributed by atoms with van der Waals surface area (Å²) in [6.45, 7) is 0.277. The van der Waals surface area contributed by atoms with Gasteiger partial charge in [-0.2, -0.15) is 0 Å². The number of para-hydroxylation sites is 2. The molecule has 0 amide bonds. The molecule has 31 heavy (non-hydrogen) atoms. The standard InChI is InChI=1S/C20H19N5O5S/c1-29-10-11-30-20(26)16-17-19(24-15-5-3-2-4-14(15)23-17)25(18(16)21)12-6-8-13(9-7-12)31(22,27)28/h2-9H,10-11,21H2,1H3,(H2,22,27,28). The molecule has 0 aliphatic heterocycles. The summed E-state index contributed by atoms with van der Waals surface area (Å²) >= 11 is 0. The Morgan fingerprint density at radius 1 is 1.03 bits per heavy atom. The molecule has 0 spiro atoms. The van der Waals surface area contributed by atoms with Crippen molar-refractivity contribution >= 4 is 44.0 Å². The van der Waals surface area contributed by atoms with Gasteiger partial charge in [0.2, 0.25) is 10.0 Å². The molecule has 2 aromatic carbocycles. The quantitative estimate of drug-likeness (QED) is 0.338. The first-order chi connectivity index (χ1) is 14.8. The highest BCUT2D eigenvalue weighted by Crippen LogP contribution is 2.31. The zero-order valence-corrected chi connectivity index (χ0v) is 17.3. The molecule has 0 fully saturated rings. The number of fused-ring (bicyclic) bond motifs is 2. The van der Waals surface area contributed by atoms with Gasteiger partial charge >= 0.3 is 5.97 Å². The first-order valence-corrected chi connectivity index (χ1v) is 10.7. The largest absolute Gasteiger partial charge is 0.459 e. The Kier molecular flexibility index (Phi) is 5.31. The van der Waals surface area contributed by atoms with Crippen LogP contribution in [0.4, 0.5) is 5.82 Å². The molecule has 4 rings (SSSR count). The van der Waals surface area contributed by atoms with Gasteiger partial charge in [0, 0.05) is 12.8 Å². The Bertz CT molecular complexity index is 1400. The van der Waals surface area contributed by atoms with Gasteiger partial charge in [0.1, 0.15) is 23.5 Å². The second-order valence-electron chi connectivity index (χ2n) is 6.65. The molecule has 4 N–H and O–H groups in total. The predicted octanol–water partition coefficient (Wildman–Crippen LogP) is 1.61. The monoisotopic (exact) mass is 441 g/mol. The van der Waals surface area contributed by atoms with Crippen LogP contribution in [0.3, 0.4) is 0 Å². The van der Waals surface area contributed by atoms with Gasteiger partial charge < -0.3 is 15.2 Å². The van der Waals surface area contributed by atoms with Gasteiger partial charge in [-0.25, -0.2) is 28.3 Å². The molecule has 0 saturated carbocycles. The number of nitrogen functional groups attached to an aromatic ring is 1. The van der Waals surface area contributed by atoms with Crippen LogP contribution in [0.5, 0.6) is 0 Å². The minimum atomic E-state index is -3.86. The zero-order valence-electron chi connectivity index (χ0n) is 16.5. The minimum Gasteiger partial charge on any atom is -0.459 e. The van der Waals surface area contributed by atoms with Crippen LogP contribution < -0.4 is 10.9 Å². The van der Waals surface area contributed by atoms with Crippen LogP contribution in [0.2, 0.25) is 0 Å².